The molecule has 17 heavy (non-hydrogen) atoms. The minimum Gasteiger partial charge on any atom is -0.493 e. The van der Waals surface area contributed by atoms with Crippen molar-refractivity contribution in [2.75, 3.05) is 6.61 Å². The van der Waals surface area contributed by atoms with Gasteiger partial charge in [0.1, 0.15) is 11.9 Å². The zero-order valence-corrected chi connectivity index (χ0v) is 11.4. The first kappa shape index (κ1) is 11.3. The topological polar surface area (TPSA) is 29.5 Å². The Hall–Kier alpha value is -0.840. The van der Waals surface area contributed by atoms with Crippen molar-refractivity contribution in [3.8, 4) is 5.75 Å². The molecule has 1 unspecified atom stereocenters. The zero-order chi connectivity index (χ0) is 11.8. The third-order valence-corrected chi connectivity index (χ3v) is 4.27. The molecule has 3 rings (SSSR count). The third-order valence-electron chi connectivity index (χ3n) is 2.88. The molecule has 1 aliphatic rings. The monoisotopic (exact) mass is 310 g/mol. The molecule has 4 heteroatoms. The van der Waals surface area contributed by atoms with Gasteiger partial charge in [0.05, 0.1) is 6.61 Å². The highest BCUT2D eigenvalue weighted by molar-refractivity contribution is 9.10. The molecule has 2 heterocycles. The van der Waals surface area contributed by atoms with Gasteiger partial charge in [-0.15, -0.1) is 11.3 Å². The van der Waals surface area contributed by atoms with Crippen LogP contribution in [0.5, 0.6) is 5.75 Å². The summed E-state index contributed by atoms with van der Waals surface area (Å²) in [6, 6.07) is 7.89. The molecule has 0 amide bonds. The van der Waals surface area contributed by atoms with E-state index in [-0.39, 0.29) is 0 Å². The van der Waals surface area contributed by atoms with E-state index in [4.69, 9.17) is 4.74 Å². The first-order valence-electron chi connectivity index (χ1n) is 5.42. The molecule has 0 bridgehead atoms. The van der Waals surface area contributed by atoms with Crippen LogP contribution in [0.1, 0.15) is 22.1 Å². The molecule has 1 aromatic carbocycles. The summed E-state index contributed by atoms with van der Waals surface area (Å²) in [5, 5.41) is 12.3. The molecule has 0 aliphatic carbocycles. The van der Waals surface area contributed by atoms with Crippen molar-refractivity contribution < 1.29 is 9.84 Å². The van der Waals surface area contributed by atoms with Gasteiger partial charge in [0, 0.05) is 21.3 Å². The van der Waals surface area contributed by atoms with Gasteiger partial charge in [-0.05, 0) is 29.1 Å². The number of aliphatic hydroxyl groups excluding tert-OH is 1. The molecule has 1 N–H and O–H groups in total. The summed E-state index contributed by atoms with van der Waals surface area (Å²) in [5.74, 6) is 0.856. The fourth-order valence-corrected chi connectivity index (χ4v) is 3.35. The van der Waals surface area contributed by atoms with Gasteiger partial charge >= 0.3 is 0 Å². The van der Waals surface area contributed by atoms with E-state index >= 15 is 0 Å². The van der Waals surface area contributed by atoms with E-state index in [1.54, 1.807) is 11.3 Å². The third kappa shape index (κ3) is 2.01. The largest absolute Gasteiger partial charge is 0.493 e. The number of halogens is 1. The van der Waals surface area contributed by atoms with Crippen LogP contribution >= 0.6 is 27.3 Å². The van der Waals surface area contributed by atoms with Gasteiger partial charge in [-0.2, -0.15) is 0 Å². The first-order chi connectivity index (χ1) is 8.25. The highest BCUT2D eigenvalue weighted by atomic mass is 79.9. The number of hydrogen-bond acceptors (Lipinski definition) is 3. The quantitative estimate of drug-likeness (QED) is 0.919. The van der Waals surface area contributed by atoms with E-state index in [0.717, 1.165) is 27.1 Å². The number of ether oxygens (including phenoxy) is 1. The van der Waals surface area contributed by atoms with Crippen LogP contribution in [0.2, 0.25) is 0 Å². The Kier molecular flexibility index (Phi) is 2.94. The standard InChI is InChI=1S/C13H11BrO2S/c14-9-6-8-3-4-16-13(8)10(7-9)12(15)11-2-1-5-17-11/h1-2,5-7,12,15H,3-4H2. The maximum atomic E-state index is 10.4. The van der Waals surface area contributed by atoms with Crippen LogP contribution in [0, 0.1) is 0 Å². The van der Waals surface area contributed by atoms with E-state index in [2.05, 4.69) is 22.0 Å². The van der Waals surface area contributed by atoms with Gasteiger partial charge < -0.3 is 9.84 Å². The minimum atomic E-state index is -0.598. The van der Waals surface area contributed by atoms with Gasteiger partial charge in [-0.3, -0.25) is 0 Å². The fourth-order valence-electron chi connectivity index (χ4n) is 2.10. The summed E-state index contributed by atoms with van der Waals surface area (Å²) < 4.78 is 6.62. The first-order valence-corrected chi connectivity index (χ1v) is 7.09. The van der Waals surface area contributed by atoms with Crippen molar-refractivity contribution in [2.24, 2.45) is 0 Å². The lowest BCUT2D eigenvalue weighted by molar-refractivity contribution is 0.217. The molecule has 0 radical (unpaired) electrons. The lowest BCUT2D eigenvalue weighted by Crippen LogP contribution is -2.00. The second kappa shape index (κ2) is 4.44. The van der Waals surface area contributed by atoms with Crippen LogP contribution in [-0.4, -0.2) is 11.7 Å². The Morgan fingerprint density at radius 1 is 1.41 bits per heavy atom. The molecule has 1 atom stereocenters. The van der Waals surface area contributed by atoms with Crippen LogP contribution in [0.4, 0.5) is 0 Å². The highest BCUT2D eigenvalue weighted by Crippen LogP contribution is 2.39. The number of rotatable bonds is 2. The van der Waals surface area contributed by atoms with E-state index in [1.165, 1.54) is 5.56 Å². The Morgan fingerprint density at radius 2 is 2.29 bits per heavy atom. The molecule has 0 fully saturated rings. The Bertz CT molecular complexity index is 537. The van der Waals surface area contributed by atoms with Crippen molar-refractivity contribution in [3.05, 3.63) is 50.1 Å². The van der Waals surface area contributed by atoms with E-state index < -0.39 is 6.10 Å². The summed E-state index contributed by atoms with van der Waals surface area (Å²) in [6.07, 6.45) is 0.318. The SMILES string of the molecule is OC(c1cccs1)c1cc(Br)cc2c1OCC2. The summed E-state index contributed by atoms with van der Waals surface area (Å²) in [4.78, 5) is 0.945. The van der Waals surface area contributed by atoms with Crippen LogP contribution in [0.15, 0.2) is 34.1 Å². The smallest absolute Gasteiger partial charge is 0.128 e. The molecule has 88 valence electrons. The second-order valence-electron chi connectivity index (χ2n) is 4.00. The molecule has 0 saturated heterocycles. The summed E-state index contributed by atoms with van der Waals surface area (Å²) >= 11 is 5.04. The minimum absolute atomic E-state index is 0.598. The number of thiophene rings is 1. The van der Waals surface area contributed by atoms with E-state index in [9.17, 15) is 5.11 Å². The lowest BCUT2D eigenvalue weighted by atomic mass is 10.0. The van der Waals surface area contributed by atoms with Gasteiger partial charge in [0.25, 0.3) is 0 Å². The van der Waals surface area contributed by atoms with Gasteiger partial charge in [0.15, 0.2) is 0 Å². The average molecular weight is 311 g/mol. The van der Waals surface area contributed by atoms with Crippen LogP contribution in [0.3, 0.4) is 0 Å². The van der Waals surface area contributed by atoms with E-state index in [0.29, 0.717) is 6.61 Å². The number of hydrogen-bond donors (Lipinski definition) is 1. The zero-order valence-electron chi connectivity index (χ0n) is 9.02. The summed E-state index contributed by atoms with van der Waals surface area (Å²) in [5.41, 5.74) is 2.03. The van der Waals surface area contributed by atoms with Crippen LogP contribution < -0.4 is 4.74 Å². The Morgan fingerprint density at radius 3 is 3.06 bits per heavy atom. The number of aliphatic hydroxyl groups is 1. The van der Waals surface area contributed by atoms with E-state index in [1.807, 2.05) is 23.6 Å². The molecular weight excluding hydrogens is 300 g/mol. The van der Waals surface area contributed by atoms with Crippen molar-refractivity contribution in [1.82, 2.24) is 0 Å². The predicted octanol–water partition coefficient (Wildman–Crippen LogP) is 3.53. The van der Waals surface area contributed by atoms with Gasteiger partial charge in [0.2, 0.25) is 0 Å². The highest BCUT2D eigenvalue weighted by Gasteiger charge is 2.23. The van der Waals surface area contributed by atoms with Crippen LogP contribution in [0.25, 0.3) is 0 Å². The number of benzene rings is 1. The van der Waals surface area contributed by atoms with Crippen molar-refractivity contribution in [1.29, 1.82) is 0 Å². The molecule has 1 aromatic heterocycles. The van der Waals surface area contributed by atoms with Crippen molar-refractivity contribution >= 4 is 27.3 Å². The average Bonchev–Trinajstić information content (AvgIpc) is 2.97. The molecule has 0 spiro atoms. The maximum Gasteiger partial charge on any atom is 0.128 e. The fraction of sp³-hybridized carbons (Fsp3) is 0.231. The second-order valence-corrected chi connectivity index (χ2v) is 5.89. The van der Waals surface area contributed by atoms with Gasteiger partial charge in [-0.1, -0.05) is 22.0 Å². The molecule has 2 aromatic rings. The normalized spacial score (nSPS) is 15.4. The molecular formula is C13H11BrO2S. The molecule has 2 nitrogen and oxygen atoms in total. The maximum absolute atomic E-state index is 10.4. The Labute approximate surface area is 112 Å². The number of fused-ring (bicyclic) bond motifs is 1. The summed E-state index contributed by atoms with van der Waals surface area (Å²) in [7, 11) is 0. The van der Waals surface area contributed by atoms with Crippen molar-refractivity contribution in [3.63, 3.8) is 0 Å². The Balaban J connectivity index is 2.09. The van der Waals surface area contributed by atoms with Crippen molar-refractivity contribution in [2.45, 2.75) is 12.5 Å². The predicted molar refractivity (Wildman–Crippen MR) is 71.7 cm³/mol. The molecule has 1 aliphatic heterocycles. The lowest BCUT2D eigenvalue weighted by Gasteiger charge is -2.14. The molecule has 0 saturated carbocycles. The summed E-state index contributed by atoms with van der Waals surface area (Å²) in [6.45, 7) is 0.704. The van der Waals surface area contributed by atoms with Gasteiger partial charge in [-0.25, -0.2) is 0 Å². The van der Waals surface area contributed by atoms with Crippen LogP contribution in [-0.2, 0) is 6.42 Å².